The zero-order valence-corrected chi connectivity index (χ0v) is 10.3. The first-order valence-electron chi connectivity index (χ1n) is 5.46. The maximum Gasteiger partial charge on any atom is 0.321 e. The van der Waals surface area contributed by atoms with E-state index in [1.165, 1.54) is 0 Å². The van der Waals surface area contributed by atoms with E-state index >= 15 is 0 Å². The van der Waals surface area contributed by atoms with E-state index in [0.29, 0.717) is 6.54 Å². The lowest BCUT2D eigenvalue weighted by Gasteiger charge is -2.22. The summed E-state index contributed by atoms with van der Waals surface area (Å²) in [5, 5.41) is 10.2. The van der Waals surface area contributed by atoms with Gasteiger partial charge in [-0.1, -0.05) is 6.92 Å². The number of aliphatic carboxylic acids is 1. The summed E-state index contributed by atoms with van der Waals surface area (Å²) < 4.78 is 0. The van der Waals surface area contributed by atoms with Gasteiger partial charge in [-0.05, 0) is 25.8 Å². The Bertz CT molecular complexity index is 391. The molecule has 0 aliphatic carbocycles. The second-order valence-electron chi connectivity index (χ2n) is 4.37. The van der Waals surface area contributed by atoms with Crippen molar-refractivity contribution in [2.45, 2.75) is 32.9 Å². The van der Waals surface area contributed by atoms with Crippen LogP contribution in [0.25, 0.3) is 0 Å². The lowest BCUT2D eigenvalue weighted by molar-refractivity contribution is -0.143. The number of aromatic nitrogens is 1. The number of likely N-dealkylation sites (tertiary alicyclic amines) is 1. The first-order valence-corrected chi connectivity index (χ1v) is 6.27. The summed E-state index contributed by atoms with van der Waals surface area (Å²) in [6.07, 6.45) is 2.82. The first kappa shape index (κ1) is 11.5. The van der Waals surface area contributed by atoms with E-state index in [4.69, 9.17) is 0 Å². The predicted molar refractivity (Wildman–Crippen MR) is 62.5 cm³/mol. The van der Waals surface area contributed by atoms with Crippen LogP contribution < -0.4 is 0 Å². The Morgan fingerprint density at radius 1 is 1.75 bits per heavy atom. The van der Waals surface area contributed by atoms with Crippen LogP contribution in [0.4, 0.5) is 0 Å². The van der Waals surface area contributed by atoms with Gasteiger partial charge < -0.3 is 5.11 Å². The molecule has 1 saturated heterocycles. The Kier molecular flexibility index (Phi) is 3.25. The summed E-state index contributed by atoms with van der Waals surface area (Å²) in [7, 11) is 0. The van der Waals surface area contributed by atoms with Gasteiger partial charge in [0.25, 0.3) is 0 Å². The van der Waals surface area contributed by atoms with E-state index in [2.05, 4.69) is 4.98 Å². The lowest BCUT2D eigenvalue weighted by Crippen LogP contribution is -2.38. The number of nitrogens with zero attached hydrogens (tertiary/aromatic N) is 2. The van der Waals surface area contributed by atoms with Crippen molar-refractivity contribution < 1.29 is 9.90 Å². The SMILES string of the molecule is Cc1ncc(CN2CCC(C)C2C(=O)O)s1. The fourth-order valence-electron chi connectivity index (χ4n) is 2.28. The van der Waals surface area contributed by atoms with Crippen molar-refractivity contribution in [2.24, 2.45) is 5.92 Å². The highest BCUT2D eigenvalue weighted by Crippen LogP contribution is 2.27. The molecule has 1 aromatic rings. The molecule has 0 spiro atoms. The van der Waals surface area contributed by atoms with E-state index < -0.39 is 5.97 Å². The number of carboxylic acids is 1. The Morgan fingerprint density at radius 2 is 2.50 bits per heavy atom. The molecule has 1 aliphatic rings. The van der Waals surface area contributed by atoms with Gasteiger partial charge in [0.15, 0.2) is 0 Å². The van der Waals surface area contributed by atoms with Crippen LogP contribution in [0.1, 0.15) is 23.2 Å². The molecule has 16 heavy (non-hydrogen) atoms. The molecule has 2 rings (SSSR count). The summed E-state index contributed by atoms with van der Waals surface area (Å²) in [4.78, 5) is 18.5. The van der Waals surface area contributed by atoms with Gasteiger partial charge in [-0.3, -0.25) is 9.69 Å². The third kappa shape index (κ3) is 2.25. The van der Waals surface area contributed by atoms with Gasteiger partial charge in [-0.2, -0.15) is 0 Å². The van der Waals surface area contributed by atoms with Crippen molar-refractivity contribution in [1.82, 2.24) is 9.88 Å². The van der Waals surface area contributed by atoms with Crippen LogP contribution in [-0.4, -0.2) is 33.5 Å². The minimum absolute atomic E-state index is 0.242. The van der Waals surface area contributed by atoms with Crippen LogP contribution in [0.15, 0.2) is 6.20 Å². The Labute approximate surface area is 98.9 Å². The standard InChI is InChI=1S/C11H16N2O2S/c1-7-3-4-13(10(7)11(14)15)6-9-5-12-8(2)16-9/h5,7,10H,3-4,6H2,1-2H3,(H,14,15). The molecule has 2 heterocycles. The minimum Gasteiger partial charge on any atom is -0.480 e. The Balaban J connectivity index is 2.07. The van der Waals surface area contributed by atoms with E-state index in [1.807, 2.05) is 24.9 Å². The van der Waals surface area contributed by atoms with Crippen molar-refractivity contribution in [1.29, 1.82) is 0 Å². The molecule has 88 valence electrons. The van der Waals surface area contributed by atoms with Gasteiger partial charge in [0, 0.05) is 17.6 Å². The van der Waals surface area contributed by atoms with Crippen LogP contribution in [0.5, 0.6) is 0 Å². The Morgan fingerprint density at radius 3 is 3.06 bits per heavy atom. The number of hydrogen-bond donors (Lipinski definition) is 1. The number of hydrogen-bond acceptors (Lipinski definition) is 4. The van der Waals surface area contributed by atoms with Gasteiger partial charge in [0.2, 0.25) is 0 Å². The molecule has 2 atom stereocenters. The van der Waals surface area contributed by atoms with E-state index in [0.717, 1.165) is 22.9 Å². The highest BCUT2D eigenvalue weighted by Gasteiger charge is 2.36. The highest BCUT2D eigenvalue weighted by molar-refractivity contribution is 7.11. The summed E-state index contributed by atoms with van der Waals surface area (Å²) in [6, 6.07) is -0.331. The first-order chi connectivity index (χ1) is 7.58. The van der Waals surface area contributed by atoms with Gasteiger partial charge in [-0.25, -0.2) is 4.98 Å². The zero-order valence-electron chi connectivity index (χ0n) is 9.51. The molecule has 5 heteroatoms. The fourth-order valence-corrected chi connectivity index (χ4v) is 3.10. The number of aryl methyl sites for hydroxylation is 1. The molecule has 1 aromatic heterocycles. The van der Waals surface area contributed by atoms with Gasteiger partial charge in [-0.15, -0.1) is 11.3 Å². The quantitative estimate of drug-likeness (QED) is 0.874. The van der Waals surface area contributed by atoms with E-state index in [1.54, 1.807) is 11.3 Å². The normalized spacial score (nSPS) is 26.1. The highest BCUT2D eigenvalue weighted by atomic mass is 32.1. The fraction of sp³-hybridized carbons (Fsp3) is 0.636. The summed E-state index contributed by atoms with van der Waals surface area (Å²) in [5.41, 5.74) is 0. The van der Waals surface area contributed by atoms with E-state index in [9.17, 15) is 9.90 Å². The number of carbonyl (C=O) groups is 1. The van der Waals surface area contributed by atoms with Gasteiger partial charge >= 0.3 is 5.97 Å². The topological polar surface area (TPSA) is 53.4 Å². The number of thiazole rings is 1. The summed E-state index contributed by atoms with van der Waals surface area (Å²) >= 11 is 1.64. The maximum absolute atomic E-state index is 11.2. The molecule has 4 nitrogen and oxygen atoms in total. The van der Waals surface area contributed by atoms with Crippen LogP contribution in [0.3, 0.4) is 0 Å². The molecular weight excluding hydrogens is 224 g/mol. The van der Waals surface area contributed by atoms with Gasteiger partial charge in [0.1, 0.15) is 6.04 Å². The predicted octanol–water partition coefficient (Wildman–Crippen LogP) is 1.75. The van der Waals surface area contributed by atoms with Crippen molar-refractivity contribution in [3.8, 4) is 0 Å². The maximum atomic E-state index is 11.2. The van der Waals surface area contributed by atoms with Gasteiger partial charge in [0.05, 0.1) is 5.01 Å². The Hall–Kier alpha value is -0.940. The van der Waals surface area contributed by atoms with Crippen molar-refractivity contribution >= 4 is 17.3 Å². The molecule has 0 radical (unpaired) electrons. The molecule has 0 saturated carbocycles. The van der Waals surface area contributed by atoms with Crippen LogP contribution in [0, 0.1) is 12.8 Å². The third-order valence-electron chi connectivity index (χ3n) is 3.09. The van der Waals surface area contributed by atoms with E-state index in [-0.39, 0.29) is 12.0 Å². The lowest BCUT2D eigenvalue weighted by atomic mass is 10.0. The molecule has 0 aromatic carbocycles. The molecular formula is C11H16N2O2S. The molecule has 1 fully saturated rings. The molecule has 0 bridgehead atoms. The number of carboxylic acid groups (broad SMARTS) is 1. The smallest absolute Gasteiger partial charge is 0.321 e. The van der Waals surface area contributed by atoms with Crippen LogP contribution in [-0.2, 0) is 11.3 Å². The van der Waals surface area contributed by atoms with Crippen LogP contribution >= 0.6 is 11.3 Å². The van der Waals surface area contributed by atoms with Crippen molar-refractivity contribution in [3.63, 3.8) is 0 Å². The minimum atomic E-state index is -0.703. The molecule has 1 N–H and O–H groups in total. The average Bonchev–Trinajstić information content (AvgIpc) is 2.74. The second-order valence-corrected chi connectivity index (χ2v) is 5.68. The monoisotopic (exact) mass is 240 g/mol. The average molecular weight is 240 g/mol. The molecule has 0 amide bonds. The van der Waals surface area contributed by atoms with Crippen molar-refractivity contribution in [2.75, 3.05) is 6.54 Å². The zero-order chi connectivity index (χ0) is 11.7. The van der Waals surface area contributed by atoms with Crippen LogP contribution in [0.2, 0.25) is 0 Å². The largest absolute Gasteiger partial charge is 0.480 e. The summed E-state index contributed by atoms with van der Waals surface area (Å²) in [6.45, 7) is 5.56. The third-order valence-corrected chi connectivity index (χ3v) is 3.98. The number of rotatable bonds is 3. The second kappa shape index (κ2) is 4.51. The molecule has 1 aliphatic heterocycles. The molecule has 2 unspecified atom stereocenters. The summed E-state index contributed by atoms with van der Waals surface area (Å²) in [5.74, 6) is -0.460. The van der Waals surface area contributed by atoms with Crippen molar-refractivity contribution in [3.05, 3.63) is 16.1 Å².